The van der Waals surface area contributed by atoms with Gasteiger partial charge in [-0.15, -0.1) is 0 Å². The molecule has 0 bridgehead atoms. The molecule has 15 heavy (non-hydrogen) atoms. The van der Waals surface area contributed by atoms with Crippen molar-refractivity contribution in [3.8, 4) is 5.75 Å². The molecule has 0 spiro atoms. The summed E-state index contributed by atoms with van der Waals surface area (Å²) in [6.45, 7) is 2.20. The third-order valence-corrected chi connectivity index (χ3v) is 2.63. The molecule has 1 aromatic rings. The first-order valence-electron chi connectivity index (χ1n) is 4.50. The first-order valence-corrected chi connectivity index (χ1v) is 6.39. The monoisotopic (exact) mass is 229 g/mol. The van der Waals surface area contributed by atoms with Crippen LogP contribution in [0.25, 0.3) is 0 Å². The number of ether oxygens (including phenoxy) is 1. The van der Waals surface area contributed by atoms with E-state index in [-0.39, 0.29) is 6.54 Å². The van der Waals surface area contributed by atoms with Gasteiger partial charge in [0.2, 0.25) is 10.0 Å². The second kappa shape index (κ2) is 4.63. The number of nitrogens with one attached hydrogen (secondary N) is 1. The Morgan fingerprint density at radius 1 is 1.40 bits per heavy atom. The lowest BCUT2D eigenvalue weighted by Gasteiger charge is -2.09. The minimum absolute atomic E-state index is 0.254. The van der Waals surface area contributed by atoms with Crippen LogP contribution in [-0.4, -0.2) is 21.8 Å². The summed E-state index contributed by atoms with van der Waals surface area (Å²) in [6, 6.07) is 5.65. The molecule has 1 N–H and O–H groups in total. The Kier molecular flexibility index (Phi) is 3.71. The fraction of sp³-hybridized carbons (Fsp3) is 0.400. The molecule has 0 aromatic heterocycles. The van der Waals surface area contributed by atoms with Crippen LogP contribution in [0.2, 0.25) is 0 Å². The van der Waals surface area contributed by atoms with Crippen LogP contribution < -0.4 is 9.46 Å². The van der Waals surface area contributed by atoms with E-state index in [4.69, 9.17) is 4.74 Å². The highest BCUT2D eigenvalue weighted by molar-refractivity contribution is 7.88. The molecule has 4 nitrogen and oxygen atoms in total. The van der Waals surface area contributed by atoms with Crippen molar-refractivity contribution in [1.82, 2.24) is 4.72 Å². The molecule has 0 unspecified atom stereocenters. The van der Waals surface area contributed by atoms with E-state index in [1.807, 2.05) is 25.1 Å². The number of hydrogen-bond acceptors (Lipinski definition) is 3. The average molecular weight is 229 g/mol. The fourth-order valence-electron chi connectivity index (χ4n) is 1.25. The molecule has 0 saturated carbocycles. The SMILES string of the molecule is COc1ccc(C)cc1CNS(C)(=O)=O. The summed E-state index contributed by atoms with van der Waals surface area (Å²) in [6.07, 6.45) is 1.13. The zero-order valence-corrected chi connectivity index (χ0v) is 9.89. The van der Waals surface area contributed by atoms with Crippen molar-refractivity contribution in [3.63, 3.8) is 0 Å². The van der Waals surface area contributed by atoms with Crippen molar-refractivity contribution >= 4 is 10.0 Å². The normalized spacial score (nSPS) is 11.4. The highest BCUT2D eigenvalue weighted by atomic mass is 32.2. The summed E-state index contributed by atoms with van der Waals surface area (Å²) in [4.78, 5) is 0. The molecule has 0 atom stereocenters. The van der Waals surface area contributed by atoms with Gasteiger partial charge in [-0.2, -0.15) is 0 Å². The third-order valence-electron chi connectivity index (χ3n) is 1.96. The number of hydrogen-bond donors (Lipinski definition) is 1. The van der Waals surface area contributed by atoms with Gasteiger partial charge in [0.25, 0.3) is 0 Å². The first kappa shape index (κ1) is 12.0. The summed E-state index contributed by atoms with van der Waals surface area (Å²) in [5.41, 5.74) is 1.91. The van der Waals surface area contributed by atoms with E-state index in [0.717, 1.165) is 17.4 Å². The third kappa shape index (κ3) is 3.89. The van der Waals surface area contributed by atoms with Gasteiger partial charge in [-0.25, -0.2) is 13.1 Å². The Bertz CT molecular complexity index is 440. The Morgan fingerprint density at radius 2 is 2.07 bits per heavy atom. The van der Waals surface area contributed by atoms with E-state index in [0.29, 0.717) is 5.75 Å². The number of aryl methyl sites for hydroxylation is 1. The molecular weight excluding hydrogens is 214 g/mol. The molecule has 0 aliphatic rings. The van der Waals surface area contributed by atoms with Crippen molar-refractivity contribution in [3.05, 3.63) is 29.3 Å². The van der Waals surface area contributed by atoms with Gasteiger partial charge >= 0.3 is 0 Å². The molecule has 0 fully saturated rings. The number of benzene rings is 1. The molecule has 1 rings (SSSR count). The second-order valence-corrected chi connectivity index (χ2v) is 5.24. The lowest BCUT2D eigenvalue weighted by molar-refractivity contribution is 0.409. The Labute approximate surface area is 90.3 Å². The quantitative estimate of drug-likeness (QED) is 0.839. The van der Waals surface area contributed by atoms with Gasteiger partial charge in [0.05, 0.1) is 13.4 Å². The van der Waals surface area contributed by atoms with Crippen molar-refractivity contribution < 1.29 is 13.2 Å². The second-order valence-electron chi connectivity index (χ2n) is 3.41. The molecule has 0 heterocycles. The molecule has 0 saturated heterocycles. The topological polar surface area (TPSA) is 55.4 Å². The number of methoxy groups -OCH3 is 1. The maximum atomic E-state index is 10.9. The summed E-state index contributed by atoms with van der Waals surface area (Å²) >= 11 is 0. The van der Waals surface area contributed by atoms with Gasteiger partial charge in [0.15, 0.2) is 0 Å². The van der Waals surface area contributed by atoms with Gasteiger partial charge in [-0.3, -0.25) is 0 Å². The standard InChI is InChI=1S/C10H15NO3S/c1-8-4-5-10(14-2)9(6-8)7-11-15(3,12)13/h4-6,11H,7H2,1-3H3. The highest BCUT2D eigenvalue weighted by Crippen LogP contribution is 2.19. The number of sulfonamides is 1. The van der Waals surface area contributed by atoms with Crippen LogP contribution in [0.5, 0.6) is 5.75 Å². The maximum Gasteiger partial charge on any atom is 0.209 e. The van der Waals surface area contributed by atoms with E-state index >= 15 is 0 Å². The van der Waals surface area contributed by atoms with Gasteiger partial charge in [0.1, 0.15) is 5.75 Å². The molecule has 0 radical (unpaired) electrons. The van der Waals surface area contributed by atoms with E-state index in [1.54, 1.807) is 7.11 Å². The van der Waals surface area contributed by atoms with Gasteiger partial charge in [-0.05, 0) is 13.0 Å². The van der Waals surface area contributed by atoms with Crippen molar-refractivity contribution in [1.29, 1.82) is 0 Å². The molecule has 84 valence electrons. The Balaban J connectivity index is 2.88. The Morgan fingerprint density at radius 3 is 2.60 bits per heavy atom. The molecule has 0 aliphatic heterocycles. The van der Waals surface area contributed by atoms with Crippen LogP contribution in [0.3, 0.4) is 0 Å². The van der Waals surface area contributed by atoms with E-state index in [2.05, 4.69) is 4.72 Å². The highest BCUT2D eigenvalue weighted by Gasteiger charge is 2.06. The van der Waals surface area contributed by atoms with Crippen LogP contribution in [-0.2, 0) is 16.6 Å². The minimum Gasteiger partial charge on any atom is -0.496 e. The van der Waals surface area contributed by atoms with Crippen LogP contribution in [0, 0.1) is 6.92 Å². The van der Waals surface area contributed by atoms with E-state index in [1.165, 1.54) is 0 Å². The van der Waals surface area contributed by atoms with Crippen molar-refractivity contribution in [2.75, 3.05) is 13.4 Å². The maximum absolute atomic E-state index is 10.9. The molecule has 1 aromatic carbocycles. The first-order chi connectivity index (χ1) is 6.92. The fourth-order valence-corrected chi connectivity index (χ4v) is 1.67. The van der Waals surface area contributed by atoms with E-state index < -0.39 is 10.0 Å². The minimum atomic E-state index is -3.17. The number of rotatable bonds is 4. The summed E-state index contributed by atoms with van der Waals surface area (Å²) in [5.74, 6) is 0.691. The van der Waals surface area contributed by atoms with Crippen molar-refractivity contribution in [2.24, 2.45) is 0 Å². The zero-order chi connectivity index (χ0) is 11.5. The van der Waals surface area contributed by atoms with Crippen molar-refractivity contribution in [2.45, 2.75) is 13.5 Å². The lowest BCUT2D eigenvalue weighted by atomic mass is 10.1. The molecule has 0 aliphatic carbocycles. The van der Waals surface area contributed by atoms with E-state index in [9.17, 15) is 8.42 Å². The lowest BCUT2D eigenvalue weighted by Crippen LogP contribution is -2.21. The predicted molar refractivity (Wildman–Crippen MR) is 59.4 cm³/mol. The van der Waals surface area contributed by atoms with Gasteiger partial charge in [-0.1, -0.05) is 17.7 Å². The zero-order valence-electron chi connectivity index (χ0n) is 9.07. The summed E-state index contributed by atoms with van der Waals surface area (Å²) in [7, 11) is -1.60. The summed E-state index contributed by atoms with van der Waals surface area (Å²) < 4.78 is 29.4. The van der Waals surface area contributed by atoms with Gasteiger partial charge < -0.3 is 4.74 Å². The Hall–Kier alpha value is -1.07. The summed E-state index contributed by atoms with van der Waals surface area (Å²) in [5, 5.41) is 0. The largest absolute Gasteiger partial charge is 0.496 e. The molecule has 5 heteroatoms. The molecular formula is C10H15NO3S. The van der Waals surface area contributed by atoms with Crippen LogP contribution in [0.1, 0.15) is 11.1 Å². The average Bonchev–Trinajstić information content (AvgIpc) is 2.14. The van der Waals surface area contributed by atoms with Crippen LogP contribution in [0.15, 0.2) is 18.2 Å². The smallest absolute Gasteiger partial charge is 0.209 e. The predicted octanol–water partition coefficient (Wildman–Crippen LogP) is 1.05. The van der Waals surface area contributed by atoms with Crippen LogP contribution in [0.4, 0.5) is 0 Å². The molecule has 0 amide bonds. The van der Waals surface area contributed by atoms with Gasteiger partial charge in [0, 0.05) is 12.1 Å². The van der Waals surface area contributed by atoms with Crippen LogP contribution >= 0.6 is 0 Å².